The molecular weight excluding hydrogens is 228 g/mol. The van der Waals surface area contributed by atoms with Crippen molar-refractivity contribution in [2.45, 2.75) is 25.7 Å². The van der Waals surface area contributed by atoms with E-state index in [9.17, 15) is 0 Å². The number of nitrogens with zero attached hydrogens (tertiary/aromatic N) is 1. The monoisotopic (exact) mass is 244 g/mol. The van der Waals surface area contributed by atoms with Gasteiger partial charge in [0, 0.05) is 30.2 Å². The van der Waals surface area contributed by atoms with Crippen molar-refractivity contribution < 1.29 is 0 Å². The quantitative estimate of drug-likeness (QED) is 0.896. The molecule has 1 aliphatic rings. The molecule has 1 N–H and O–H groups in total. The van der Waals surface area contributed by atoms with E-state index >= 15 is 0 Å². The highest BCUT2D eigenvalue weighted by molar-refractivity contribution is 7.09. The van der Waals surface area contributed by atoms with Gasteiger partial charge < -0.3 is 5.32 Å². The summed E-state index contributed by atoms with van der Waals surface area (Å²) in [5, 5.41) is 6.83. The fraction of sp³-hybridized carbons (Fsp3) is 0.357. The van der Waals surface area contributed by atoms with Gasteiger partial charge in [0.1, 0.15) is 0 Å². The van der Waals surface area contributed by atoms with Crippen LogP contribution < -0.4 is 5.32 Å². The van der Waals surface area contributed by atoms with Gasteiger partial charge in [-0.25, -0.2) is 4.98 Å². The predicted molar refractivity (Wildman–Crippen MR) is 72.8 cm³/mol. The normalized spacial score (nSPS) is 14.1. The van der Waals surface area contributed by atoms with E-state index in [4.69, 9.17) is 0 Å². The molecule has 2 nitrogen and oxygen atoms in total. The molecule has 1 aliphatic heterocycles. The molecule has 0 bridgehead atoms. The molecule has 0 saturated carbocycles. The molecule has 3 heteroatoms. The van der Waals surface area contributed by atoms with Crippen molar-refractivity contribution in [1.29, 1.82) is 0 Å². The number of fused-ring (bicyclic) bond motifs is 1. The molecule has 0 radical (unpaired) electrons. The van der Waals surface area contributed by atoms with Crippen LogP contribution >= 0.6 is 11.3 Å². The Morgan fingerprint density at radius 1 is 1.29 bits per heavy atom. The summed E-state index contributed by atoms with van der Waals surface area (Å²) in [4.78, 5) is 4.34. The average Bonchev–Trinajstić information content (AvgIpc) is 2.89. The first kappa shape index (κ1) is 10.8. The second-order valence-corrected chi connectivity index (χ2v) is 5.39. The third kappa shape index (κ3) is 2.34. The van der Waals surface area contributed by atoms with Gasteiger partial charge in [-0.05, 0) is 30.4 Å². The number of aromatic nitrogens is 1. The molecule has 2 aromatic rings. The summed E-state index contributed by atoms with van der Waals surface area (Å²) in [6.45, 7) is 1.11. The van der Waals surface area contributed by atoms with Crippen molar-refractivity contribution in [3.63, 3.8) is 0 Å². The van der Waals surface area contributed by atoms with Crippen LogP contribution in [-0.2, 0) is 19.3 Å². The summed E-state index contributed by atoms with van der Waals surface area (Å²) in [5.74, 6) is 0. The van der Waals surface area contributed by atoms with Gasteiger partial charge in [-0.2, -0.15) is 0 Å². The van der Waals surface area contributed by atoms with Crippen LogP contribution in [0.25, 0.3) is 0 Å². The van der Waals surface area contributed by atoms with Gasteiger partial charge in [-0.3, -0.25) is 0 Å². The van der Waals surface area contributed by atoms with Crippen LogP contribution in [0.4, 0.5) is 5.69 Å². The molecule has 0 unspecified atom stereocenters. The molecule has 88 valence electrons. The molecule has 1 aromatic heterocycles. The molecule has 0 aliphatic carbocycles. The number of thiazole rings is 1. The van der Waals surface area contributed by atoms with Gasteiger partial charge in [-0.1, -0.05) is 18.2 Å². The van der Waals surface area contributed by atoms with E-state index in [1.165, 1.54) is 34.7 Å². The maximum Gasteiger partial charge on any atom is 0.0928 e. The van der Waals surface area contributed by atoms with E-state index in [2.05, 4.69) is 28.5 Å². The molecule has 0 atom stereocenters. The largest absolute Gasteiger partial charge is 0.385 e. The number of hydrogen-bond donors (Lipinski definition) is 1. The Bertz CT molecular complexity index is 491. The fourth-order valence-electron chi connectivity index (χ4n) is 2.41. The standard InChI is InChI=1S/C14H16N2S/c1-3-11-5-2-8-16-14(11)12(4-1)6-7-13-15-9-10-17-13/h1,3-4,9-10,16H,2,5-8H2. The first-order valence-corrected chi connectivity index (χ1v) is 7.04. The SMILES string of the molecule is c1cc2c(c(CCc3nccs3)c1)NCCC2. The van der Waals surface area contributed by atoms with Crippen LogP contribution in [0.2, 0.25) is 0 Å². The van der Waals surface area contributed by atoms with Crippen molar-refractivity contribution in [2.75, 3.05) is 11.9 Å². The van der Waals surface area contributed by atoms with Crippen LogP contribution in [0.3, 0.4) is 0 Å². The number of aryl methyl sites for hydroxylation is 3. The number of anilines is 1. The third-order valence-electron chi connectivity index (χ3n) is 3.25. The highest BCUT2D eigenvalue weighted by atomic mass is 32.1. The van der Waals surface area contributed by atoms with Crippen molar-refractivity contribution >= 4 is 17.0 Å². The highest BCUT2D eigenvalue weighted by Gasteiger charge is 2.12. The van der Waals surface area contributed by atoms with Gasteiger partial charge in [0.25, 0.3) is 0 Å². The fourth-order valence-corrected chi connectivity index (χ4v) is 3.03. The van der Waals surface area contributed by atoms with E-state index < -0.39 is 0 Å². The third-order valence-corrected chi connectivity index (χ3v) is 4.09. The van der Waals surface area contributed by atoms with Gasteiger partial charge in [0.05, 0.1) is 5.01 Å². The zero-order valence-electron chi connectivity index (χ0n) is 9.78. The van der Waals surface area contributed by atoms with Crippen molar-refractivity contribution in [1.82, 2.24) is 4.98 Å². The second-order valence-electron chi connectivity index (χ2n) is 4.41. The molecular formula is C14H16N2S. The maximum absolute atomic E-state index is 4.34. The second kappa shape index (κ2) is 4.88. The lowest BCUT2D eigenvalue weighted by molar-refractivity contribution is 0.819. The van der Waals surface area contributed by atoms with E-state index in [0.717, 1.165) is 19.4 Å². The summed E-state index contributed by atoms with van der Waals surface area (Å²) in [5.41, 5.74) is 4.31. The number of rotatable bonds is 3. The topological polar surface area (TPSA) is 24.9 Å². The number of hydrogen-bond acceptors (Lipinski definition) is 3. The molecule has 1 aromatic carbocycles. The summed E-state index contributed by atoms with van der Waals surface area (Å²) in [7, 11) is 0. The zero-order chi connectivity index (χ0) is 11.5. The van der Waals surface area contributed by atoms with Crippen molar-refractivity contribution in [2.24, 2.45) is 0 Å². The lowest BCUT2D eigenvalue weighted by atomic mass is 9.97. The molecule has 3 rings (SSSR count). The van der Waals surface area contributed by atoms with Crippen LogP contribution in [0, 0.1) is 0 Å². The van der Waals surface area contributed by atoms with E-state index in [1.807, 2.05) is 11.6 Å². The minimum absolute atomic E-state index is 1.05. The van der Waals surface area contributed by atoms with Crippen LogP contribution in [0.1, 0.15) is 22.6 Å². The van der Waals surface area contributed by atoms with Gasteiger partial charge in [0.2, 0.25) is 0 Å². The number of nitrogens with one attached hydrogen (secondary N) is 1. The van der Waals surface area contributed by atoms with Crippen LogP contribution in [-0.4, -0.2) is 11.5 Å². The molecule has 0 spiro atoms. The Labute approximate surface area is 106 Å². The summed E-state index contributed by atoms with van der Waals surface area (Å²) >= 11 is 1.75. The smallest absolute Gasteiger partial charge is 0.0928 e. The molecule has 0 saturated heterocycles. The van der Waals surface area contributed by atoms with Crippen molar-refractivity contribution in [3.05, 3.63) is 45.9 Å². The number of para-hydroxylation sites is 1. The molecule has 2 heterocycles. The Hall–Kier alpha value is -1.35. The van der Waals surface area contributed by atoms with E-state index in [1.54, 1.807) is 11.3 Å². The highest BCUT2D eigenvalue weighted by Crippen LogP contribution is 2.27. The Kier molecular flexibility index (Phi) is 3.10. The molecule has 0 amide bonds. The first-order chi connectivity index (χ1) is 8.43. The van der Waals surface area contributed by atoms with Crippen LogP contribution in [0.15, 0.2) is 29.8 Å². The first-order valence-electron chi connectivity index (χ1n) is 6.16. The zero-order valence-corrected chi connectivity index (χ0v) is 10.6. The minimum atomic E-state index is 1.05. The van der Waals surface area contributed by atoms with Gasteiger partial charge >= 0.3 is 0 Å². The molecule has 17 heavy (non-hydrogen) atoms. The minimum Gasteiger partial charge on any atom is -0.385 e. The lowest BCUT2D eigenvalue weighted by Crippen LogP contribution is -2.13. The number of benzene rings is 1. The average molecular weight is 244 g/mol. The Morgan fingerprint density at radius 3 is 3.18 bits per heavy atom. The van der Waals surface area contributed by atoms with Gasteiger partial charge in [-0.15, -0.1) is 11.3 Å². The van der Waals surface area contributed by atoms with Crippen LogP contribution in [0.5, 0.6) is 0 Å². The maximum atomic E-state index is 4.34. The van der Waals surface area contributed by atoms with E-state index in [-0.39, 0.29) is 0 Å². The summed E-state index contributed by atoms with van der Waals surface area (Å²) in [6, 6.07) is 6.67. The van der Waals surface area contributed by atoms with Crippen molar-refractivity contribution in [3.8, 4) is 0 Å². The Morgan fingerprint density at radius 2 is 2.29 bits per heavy atom. The Balaban J connectivity index is 1.78. The molecule has 0 fully saturated rings. The lowest BCUT2D eigenvalue weighted by Gasteiger charge is -2.21. The van der Waals surface area contributed by atoms with Gasteiger partial charge in [0.15, 0.2) is 0 Å². The predicted octanol–water partition coefficient (Wildman–Crippen LogP) is 3.29. The summed E-state index contributed by atoms with van der Waals surface area (Å²) in [6.07, 6.45) is 6.49. The van der Waals surface area contributed by atoms with E-state index in [0.29, 0.717) is 0 Å². The summed E-state index contributed by atoms with van der Waals surface area (Å²) < 4.78 is 0.